The van der Waals surface area contributed by atoms with Crippen molar-refractivity contribution in [1.82, 2.24) is 9.21 Å². The normalized spacial score (nSPS) is 25.8. The second-order valence-electron chi connectivity index (χ2n) is 6.77. The number of hydrogen-bond donors (Lipinski definition) is 0. The van der Waals surface area contributed by atoms with Gasteiger partial charge >= 0.3 is 0 Å². The number of sulfone groups is 1. The van der Waals surface area contributed by atoms with Gasteiger partial charge < -0.3 is 0 Å². The smallest absolute Gasteiger partial charge is 0.243 e. The molecule has 0 amide bonds. The van der Waals surface area contributed by atoms with E-state index < -0.39 is 19.9 Å². The summed E-state index contributed by atoms with van der Waals surface area (Å²) in [6, 6.07) is 5.42. The van der Waals surface area contributed by atoms with Crippen LogP contribution in [0.15, 0.2) is 23.1 Å². The first-order valence-corrected chi connectivity index (χ1v) is 11.5. The molecule has 0 bridgehead atoms. The molecule has 0 aromatic heterocycles. The van der Waals surface area contributed by atoms with Crippen LogP contribution < -0.4 is 0 Å². The van der Waals surface area contributed by atoms with Crippen molar-refractivity contribution in [2.75, 3.05) is 37.7 Å². The van der Waals surface area contributed by atoms with Gasteiger partial charge in [0, 0.05) is 32.2 Å². The van der Waals surface area contributed by atoms with Crippen molar-refractivity contribution in [1.29, 1.82) is 0 Å². The lowest BCUT2D eigenvalue weighted by Crippen LogP contribution is -2.52. The molecule has 2 fully saturated rings. The van der Waals surface area contributed by atoms with Crippen molar-refractivity contribution >= 4 is 19.9 Å². The van der Waals surface area contributed by atoms with Gasteiger partial charge in [0.25, 0.3) is 0 Å². The molecular formula is C16H24N2O4S2. The molecule has 1 aromatic rings. The largest absolute Gasteiger partial charge is 0.297 e. The summed E-state index contributed by atoms with van der Waals surface area (Å²) in [7, 11) is -6.40. The van der Waals surface area contributed by atoms with Gasteiger partial charge in [-0.25, -0.2) is 16.8 Å². The van der Waals surface area contributed by atoms with E-state index in [4.69, 9.17) is 0 Å². The zero-order valence-corrected chi connectivity index (χ0v) is 15.7. The van der Waals surface area contributed by atoms with Gasteiger partial charge in [-0.15, -0.1) is 0 Å². The molecule has 2 heterocycles. The molecule has 6 nitrogen and oxygen atoms in total. The second kappa shape index (κ2) is 6.40. The molecular weight excluding hydrogens is 348 g/mol. The molecule has 2 aliphatic heterocycles. The van der Waals surface area contributed by atoms with Crippen LogP contribution in [-0.2, 0) is 19.9 Å². The standard InChI is InChI=1S/C16H24N2O4S2/c1-13-3-4-16(14(2)11-13)24(21,22)18-8-6-17(7-9-18)15-5-10-23(19,20)12-15/h3-4,11,15H,5-10,12H2,1-2H3/t15-/m0/s1. The lowest BCUT2D eigenvalue weighted by molar-refractivity contribution is 0.148. The highest BCUT2D eigenvalue weighted by molar-refractivity contribution is 7.91. The summed E-state index contributed by atoms with van der Waals surface area (Å²) in [5.41, 5.74) is 1.80. The van der Waals surface area contributed by atoms with Gasteiger partial charge in [-0.1, -0.05) is 17.7 Å². The van der Waals surface area contributed by atoms with E-state index >= 15 is 0 Å². The summed E-state index contributed by atoms with van der Waals surface area (Å²) >= 11 is 0. The minimum absolute atomic E-state index is 0.0426. The van der Waals surface area contributed by atoms with Crippen molar-refractivity contribution in [3.63, 3.8) is 0 Å². The molecule has 3 rings (SSSR count). The lowest BCUT2D eigenvalue weighted by Gasteiger charge is -2.37. The fourth-order valence-electron chi connectivity index (χ4n) is 3.60. The maximum absolute atomic E-state index is 12.9. The molecule has 0 spiro atoms. The van der Waals surface area contributed by atoms with Gasteiger partial charge in [0.15, 0.2) is 9.84 Å². The van der Waals surface area contributed by atoms with Gasteiger partial charge in [-0.3, -0.25) is 4.90 Å². The number of sulfonamides is 1. The summed E-state index contributed by atoms with van der Waals surface area (Å²) < 4.78 is 50.5. The van der Waals surface area contributed by atoms with Crippen molar-refractivity contribution < 1.29 is 16.8 Å². The Morgan fingerprint density at radius 1 is 1.08 bits per heavy atom. The van der Waals surface area contributed by atoms with Crippen LogP contribution in [0.1, 0.15) is 17.5 Å². The number of piperazine rings is 1. The van der Waals surface area contributed by atoms with Gasteiger partial charge in [-0.2, -0.15) is 4.31 Å². The van der Waals surface area contributed by atoms with Crippen molar-refractivity contribution in [2.45, 2.75) is 31.2 Å². The number of rotatable bonds is 3. The maximum atomic E-state index is 12.9. The third kappa shape index (κ3) is 3.51. The van der Waals surface area contributed by atoms with Gasteiger partial charge in [-0.05, 0) is 31.9 Å². The minimum Gasteiger partial charge on any atom is -0.297 e. The highest BCUT2D eigenvalue weighted by atomic mass is 32.2. The van der Waals surface area contributed by atoms with Crippen molar-refractivity contribution in [3.05, 3.63) is 29.3 Å². The van der Waals surface area contributed by atoms with Gasteiger partial charge in [0.05, 0.1) is 16.4 Å². The Balaban J connectivity index is 1.70. The number of hydrogen-bond acceptors (Lipinski definition) is 5. The van der Waals surface area contributed by atoms with E-state index in [9.17, 15) is 16.8 Å². The first-order chi connectivity index (χ1) is 11.2. The monoisotopic (exact) mass is 372 g/mol. The highest BCUT2D eigenvalue weighted by Crippen LogP contribution is 2.24. The van der Waals surface area contributed by atoms with Crippen LogP contribution in [0.3, 0.4) is 0 Å². The summed E-state index contributed by atoms with van der Waals surface area (Å²) in [6.45, 7) is 5.75. The van der Waals surface area contributed by atoms with Crippen LogP contribution >= 0.6 is 0 Å². The highest BCUT2D eigenvalue weighted by Gasteiger charge is 2.36. The zero-order valence-electron chi connectivity index (χ0n) is 14.1. The molecule has 1 atom stereocenters. The second-order valence-corrected chi connectivity index (χ2v) is 10.9. The van der Waals surface area contributed by atoms with Gasteiger partial charge in [0.1, 0.15) is 0 Å². The van der Waals surface area contributed by atoms with E-state index in [2.05, 4.69) is 4.90 Å². The predicted molar refractivity (Wildman–Crippen MR) is 93.3 cm³/mol. The molecule has 0 saturated carbocycles. The van der Waals surface area contributed by atoms with E-state index in [0.717, 1.165) is 11.1 Å². The van der Waals surface area contributed by atoms with E-state index in [-0.39, 0.29) is 17.5 Å². The molecule has 0 radical (unpaired) electrons. The minimum atomic E-state index is -3.49. The van der Waals surface area contributed by atoms with Crippen molar-refractivity contribution in [2.24, 2.45) is 0 Å². The molecule has 1 aromatic carbocycles. The molecule has 0 N–H and O–H groups in total. The summed E-state index contributed by atoms with van der Waals surface area (Å²) in [6.07, 6.45) is 0.659. The maximum Gasteiger partial charge on any atom is 0.243 e. The zero-order chi connectivity index (χ0) is 17.5. The van der Waals surface area contributed by atoms with E-state index in [1.807, 2.05) is 26.0 Å². The van der Waals surface area contributed by atoms with Crippen LogP contribution in [-0.4, -0.2) is 69.8 Å². The Morgan fingerprint density at radius 3 is 2.29 bits per heavy atom. The van der Waals surface area contributed by atoms with Gasteiger partial charge in [0.2, 0.25) is 10.0 Å². The van der Waals surface area contributed by atoms with Crippen LogP contribution in [0, 0.1) is 13.8 Å². The molecule has 24 heavy (non-hydrogen) atoms. The fourth-order valence-corrected chi connectivity index (χ4v) is 6.99. The Kier molecular flexibility index (Phi) is 4.76. The Morgan fingerprint density at radius 2 is 1.75 bits per heavy atom. The van der Waals surface area contributed by atoms with E-state index in [1.54, 1.807) is 6.07 Å². The average molecular weight is 373 g/mol. The first-order valence-electron chi connectivity index (χ1n) is 8.21. The Hall–Kier alpha value is -0.960. The summed E-state index contributed by atoms with van der Waals surface area (Å²) in [5.74, 6) is 0.454. The lowest BCUT2D eigenvalue weighted by atomic mass is 10.2. The number of aryl methyl sites for hydroxylation is 2. The summed E-state index contributed by atoms with van der Waals surface area (Å²) in [5, 5.41) is 0. The van der Waals surface area contributed by atoms with Crippen LogP contribution in [0.2, 0.25) is 0 Å². The van der Waals surface area contributed by atoms with Crippen LogP contribution in [0.25, 0.3) is 0 Å². The Labute approximate surface area is 144 Å². The SMILES string of the molecule is Cc1ccc(S(=O)(=O)N2CCN([C@H]3CCS(=O)(=O)C3)CC2)c(C)c1. The molecule has 2 saturated heterocycles. The van der Waals surface area contributed by atoms with Crippen LogP contribution in [0.5, 0.6) is 0 Å². The quantitative estimate of drug-likeness (QED) is 0.784. The first kappa shape index (κ1) is 17.8. The molecule has 0 aliphatic carbocycles. The summed E-state index contributed by atoms with van der Waals surface area (Å²) in [4.78, 5) is 2.49. The van der Waals surface area contributed by atoms with E-state index in [1.165, 1.54) is 4.31 Å². The topological polar surface area (TPSA) is 74.8 Å². The molecule has 0 unspecified atom stereocenters. The number of benzene rings is 1. The third-order valence-corrected chi connectivity index (χ3v) is 8.76. The predicted octanol–water partition coefficient (Wildman–Crippen LogP) is 0.797. The van der Waals surface area contributed by atoms with E-state index in [0.29, 0.717) is 37.5 Å². The molecule has 2 aliphatic rings. The van der Waals surface area contributed by atoms with Crippen molar-refractivity contribution in [3.8, 4) is 0 Å². The van der Waals surface area contributed by atoms with Crippen LogP contribution in [0.4, 0.5) is 0 Å². The fraction of sp³-hybridized carbons (Fsp3) is 0.625. The average Bonchev–Trinajstić information content (AvgIpc) is 2.87. The molecule has 8 heteroatoms. The third-order valence-electron chi connectivity index (χ3n) is 4.95. The Bertz CT molecular complexity index is 826. The molecule has 134 valence electrons. The number of nitrogens with zero attached hydrogens (tertiary/aromatic N) is 2.